The van der Waals surface area contributed by atoms with Gasteiger partial charge in [-0.25, -0.2) is 0 Å². The lowest BCUT2D eigenvalue weighted by molar-refractivity contribution is -0.870. The molecule has 0 saturated carbocycles. The molecule has 2 atom stereocenters. The number of nitrogens with zero attached hydrogens (tertiary/aromatic N) is 1. The normalized spacial score (nSPS) is 12.8. The molecule has 0 fully saturated rings. The van der Waals surface area contributed by atoms with E-state index in [4.69, 9.17) is 18.9 Å². The molecular formula is C91H169NO8. The van der Waals surface area contributed by atoms with Gasteiger partial charge in [-0.2, -0.15) is 0 Å². The van der Waals surface area contributed by atoms with Crippen molar-refractivity contribution in [2.45, 2.75) is 456 Å². The van der Waals surface area contributed by atoms with E-state index in [2.05, 4.69) is 74.6 Å². The first-order valence-electron chi connectivity index (χ1n) is 43.9. The Morgan fingerprint density at radius 3 is 0.850 bits per heavy atom. The molecule has 0 rings (SSSR count). The van der Waals surface area contributed by atoms with Gasteiger partial charge >= 0.3 is 11.9 Å². The van der Waals surface area contributed by atoms with Crippen molar-refractivity contribution in [3.05, 3.63) is 60.8 Å². The van der Waals surface area contributed by atoms with Gasteiger partial charge in [-0.3, -0.25) is 9.59 Å². The molecular weight excluding hydrogens is 1230 g/mol. The summed E-state index contributed by atoms with van der Waals surface area (Å²) in [6.07, 6.45) is 107. The first kappa shape index (κ1) is 97.0. The highest BCUT2D eigenvalue weighted by Gasteiger charge is 2.22. The van der Waals surface area contributed by atoms with E-state index in [-0.39, 0.29) is 32.2 Å². The van der Waals surface area contributed by atoms with Crippen molar-refractivity contribution in [3.63, 3.8) is 0 Å². The van der Waals surface area contributed by atoms with Crippen LogP contribution in [0.15, 0.2) is 60.8 Å². The predicted molar refractivity (Wildman–Crippen MR) is 431 cm³/mol. The average molecular weight is 1410 g/mol. The van der Waals surface area contributed by atoms with Crippen molar-refractivity contribution in [1.82, 2.24) is 0 Å². The van der Waals surface area contributed by atoms with Crippen LogP contribution in [-0.2, 0) is 33.3 Å². The summed E-state index contributed by atoms with van der Waals surface area (Å²) in [5.41, 5.74) is 0. The first-order valence-corrected chi connectivity index (χ1v) is 43.9. The number of rotatable bonds is 83. The van der Waals surface area contributed by atoms with Crippen LogP contribution >= 0.6 is 0 Å². The van der Waals surface area contributed by atoms with Gasteiger partial charge in [0.05, 0.1) is 40.3 Å². The molecule has 0 aromatic heterocycles. The highest BCUT2D eigenvalue weighted by Crippen LogP contribution is 2.21. The zero-order valence-corrected chi connectivity index (χ0v) is 67.3. The summed E-state index contributed by atoms with van der Waals surface area (Å²) in [5, 5.41) is 11.9. The Morgan fingerprint density at radius 2 is 0.570 bits per heavy atom. The summed E-state index contributed by atoms with van der Waals surface area (Å²) >= 11 is 0. The van der Waals surface area contributed by atoms with Gasteiger partial charge in [-0.05, 0) is 57.8 Å². The van der Waals surface area contributed by atoms with E-state index in [9.17, 15) is 19.5 Å². The van der Waals surface area contributed by atoms with Crippen molar-refractivity contribution in [2.75, 3.05) is 47.5 Å². The van der Waals surface area contributed by atoms with Crippen LogP contribution in [0.4, 0.5) is 0 Å². The highest BCUT2D eigenvalue weighted by molar-refractivity contribution is 5.70. The number of hydrogen-bond donors (Lipinski definition) is 0. The lowest BCUT2D eigenvalue weighted by atomic mass is 10.0. The van der Waals surface area contributed by atoms with Crippen molar-refractivity contribution >= 4 is 17.9 Å². The van der Waals surface area contributed by atoms with Crippen LogP contribution in [0.3, 0.4) is 0 Å². The van der Waals surface area contributed by atoms with Crippen molar-refractivity contribution in [3.8, 4) is 0 Å². The minimum absolute atomic E-state index is 0.150. The summed E-state index contributed by atoms with van der Waals surface area (Å²) in [7, 11) is 5.95. The van der Waals surface area contributed by atoms with E-state index < -0.39 is 24.3 Å². The van der Waals surface area contributed by atoms with Crippen LogP contribution in [0.1, 0.15) is 444 Å². The van der Waals surface area contributed by atoms with Gasteiger partial charge in [0.25, 0.3) is 0 Å². The number of carbonyl (C=O) groups is 3. The number of allylic oxidation sites excluding steroid dienone is 10. The highest BCUT2D eigenvalue weighted by atomic mass is 16.7. The topological polar surface area (TPSA) is 111 Å². The molecule has 0 N–H and O–H groups in total. The van der Waals surface area contributed by atoms with Crippen LogP contribution in [0.2, 0.25) is 0 Å². The Labute approximate surface area is 622 Å². The molecule has 0 bridgehead atoms. The third-order valence-electron chi connectivity index (χ3n) is 20.0. The Morgan fingerprint density at radius 1 is 0.310 bits per heavy atom. The molecule has 0 aliphatic heterocycles. The van der Waals surface area contributed by atoms with Gasteiger partial charge in [0.1, 0.15) is 13.2 Å². The molecule has 0 heterocycles. The van der Waals surface area contributed by atoms with Crippen LogP contribution in [-0.4, -0.2) is 82.3 Å². The zero-order valence-electron chi connectivity index (χ0n) is 67.3. The van der Waals surface area contributed by atoms with E-state index in [1.807, 2.05) is 21.1 Å². The first-order chi connectivity index (χ1) is 49.1. The Kier molecular flexibility index (Phi) is 79.2. The predicted octanol–water partition coefficient (Wildman–Crippen LogP) is 27.2. The van der Waals surface area contributed by atoms with Crippen molar-refractivity contribution in [1.29, 1.82) is 0 Å². The zero-order chi connectivity index (χ0) is 72.5. The van der Waals surface area contributed by atoms with Crippen molar-refractivity contribution in [2.24, 2.45) is 0 Å². The molecule has 2 unspecified atom stereocenters. The van der Waals surface area contributed by atoms with E-state index in [1.165, 1.54) is 347 Å². The summed E-state index contributed by atoms with van der Waals surface area (Å²) in [5.74, 6) is -2.25. The number of likely N-dealkylation sites (N-methyl/N-ethyl adjacent to an activating group) is 1. The molecule has 586 valence electrons. The lowest BCUT2D eigenvalue weighted by Crippen LogP contribution is -2.44. The van der Waals surface area contributed by atoms with E-state index in [1.54, 1.807) is 0 Å². The number of ether oxygens (including phenoxy) is 4. The monoisotopic (exact) mass is 1400 g/mol. The third kappa shape index (κ3) is 82.3. The fourth-order valence-corrected chi connectivity index (χ4v) is 13.4. The van der Waals surface area contributed by atoms with Gasteiger partial charge < -0.3 is 33.3 Å². The van der Waals surface area contributed by atoms with Gasteiger partial charge in [0.2, 0.25) is 0 Å². The maximum Gasteiger partial charge on any atom is 0.306 e. The molecule has 100 heavy (non-hydrogen) atoms. The standard InChI is InChI=1S/C91H169NO8/c1-6-8-10-12-14-16-18-20-22-24-26-28-30-32-34-36-38-40-42-43-44-45-46-48-49-51-53-55-57-59-61-63-65-67-69-71-73-75-77-79-81-88(93)98-85-87(86-99-91(90(95)96)97-84-83-92(3,4)5)100-89(94)82-80-78-76-74-72-70-68-66-64-62-60-58-56-54-52-50-47-41-39-37-35-33-31-29-27-25-23-21-19-17-15-13-11-9-7-2/h9,11,15,17,21,23,27,29,33,35,87,91H,6-8,10,12-14,16,18-20,22,24-26,28,30-32,34,36-86H2,1-5H3/b11-9-,17-15-,23-21-,29-27-,35-33-. The van der Waals surface area contributed by atoms with Gasteiger partial charge in [0, 0.05) is 12.8 Å². The fourth-order valence-electron chi connectivity index (χ4n) is 13.4. The number of quaternary nitrogens is 1. The quantitative estimate of drug-likeness (QED) is 0.0195. The minimum atomic E-state index is -1.62. The van der Waals surface area contributed by atoms with Gasteiger partial charge in [0.15, 0.2) is 12.4 Å². The molecule has 0 radical (unpaired) electrons. The lowest BCUT2D eigenvalue weighted by Gasteiger charge is -2.26. The summed E-state index contributed by atoms with van der Waals surface area (Å²) in [6, 6.07) is 0. The molecule has 0 aliphatic rings. The van der Waals surface area contributed by atoms with Gasteiger partial charge in [-0.15, -0.1) is 0 Å². The van der Waals surface area contributed by atoms with E-state index in [0.717, 1.165) is 64.2 Å². The number of carboxylic acid groups (broad SMARTS) is 1. The number of hydrogen-bond acceptors (Lipinski definition) is 8. The number of unbranched alkanes of at least 4 members (excludes halogenated alkanes) is 58. The van der Waals surface area contributed by atoms with E-state index in [0.29, 0.717) is 23.9 Å². The van der Waals surface area contributed by atoms with E-state index >= 15 is 0 Å². The molecule has 0 aromatic rings. The SMILES string of the molecule is CC/C=C\C/C=C\C/C=C\C/C=C\C/C=C\CCCCCCCCCCCCCCCCCCCCCC(=O)OC(COC(=O)CCCCCCCCCCCCCCCCCCCCCCCCCCCCCCCCCCCCCCCCCC)COC(OCC[N+](C)(C)C)C(=O)[O-]. The summed E-state index contributed by atoms with van der Waals surface area (Å²) in [6.45, 7) is 4.72. The molecule has 0 aromatic carbocycles. The second-order valence-corrected chi connectivity index (χ2v) is 31.2. The maximum absolute atomic E-state index is 13.0. The molecule has 0 saturated heterocycles. The Bertz CT molecular complexity index is 1830. The second-order valence-electron chi connectivity index (χ2n) is 31.2. The van der Waals surface area contributed by atoms with Crippen LogP contribution in [0.25, 0.3) is 0 Å². The minimum Gasteiger partial charge on any atom is -0.545 e. The van der Waals surface area contributed by atoms with Crippen molar-refractivity contribution < 1.29 is 42.9 Å². The Hall–Kier alpha value is -3.01. The number of carbonyl (C=O) groups excluding carboxylic acids is 3. The van der Waals surface area contributed by atoms with Crippen LogP contribution in [0.5, 0.6) is 0 Å². The number of aliphatic carboxylic acids is 1. The smallest absolute Gasteiger partial charge is 0.306 e. The molecule has 9 nitrogen and oxygen atoms in total. The Balaban J connectivity index is 3.91. The second kappa shape index (κ2) is 81.7. The number of esters is 2. The van der Waals surface area contributed by atoms with Crippen LogP contribution < -0.4 is 5.11 Å². The molecule has 0 amide bonds. The fraction of sp³-hybridized carbons (Fsp3) is 0.857. The van der Waals surface area contributed by atoms with Gasteiger partial charge in [-0.1, -0.05) is 434 Å². The number of carboxylic acids is 1. The third-order valence-corrected chi connectivity index (χ3v) is 20.0. The average Bonchev–Trinajstić information content (AvgIpc) is 1.67. The largest absolute Gasteiger partial charge is 0.545 e. The maximum atomic E-state index is 13.0. The molecule has 9 heteroatoms. The van der Waals surface area contributed by atoms with Crippen LogP contribution in [0, 0.1) is 0 Å². The summed E-state index contributed by atoms with van der Waals surface area (Å²) in [4.78, 5) is 37.7. The summed E-state index contributed by atoms with van der Waals surface area (Å²) < 4.78 is 22.9. The molecule has 0 aliphatic carbocycles. The molecule has 0 spiro atoms.